The number of carbonyl (C=O) groups excluding carboxylic acids is 3. The highest BCUT2D eigenvalue weighted by molar-refractivity contribution is 6.00. The van der Waals surface area contributed by atoms with Crippen LogP contribution in [-0.2, 0) is 28.6 Å². The molecule has 0 spiro atoms. The number of hydrogen-bond donors (Lipinski definition) is 1. The lowest BCUT2D eigenvalue weighted by Crippen LogP contribution is -2.55. The minimum Gasteiger partial charge on any atom is -0.476 e. The predicted molar refractivity (Wildman–Crippen MR) is 94.2 cm³/mol. The molecular formula is C20H24O7. The van der Waals surface area contributed by atoms with E-state index in [2.05, 4.69) is 6.58 Å². The second-order valence-electron chi connectivity index (χ2n) is 7.85. The topological polar surface area (TPSA) is 99.1 Å². The van der Waals surface area contributed by atoms with E-state index in [1.807, 2.05) is 13.8 Å². The standard InChI is InChI=1S/C20H24O7/c1-9(2)6-15(22)26-17-16-11(4)19(24)25-13(16)7-10(3)12-8-14(21)20(5,27-12)18(17)23/h7-9,13,16-18,23H,4,6H2,1-3,5H3. The molecule has 0 saturated carbocycles. The average Bonchev–Trinajstić information content (AvgIpc) is 3.02. The van der Waals surface area contributed by atoms with Crippen LogP contribution >= 0.6 is 0 Å². The van der Waals surface area contributed by atoms with Crippen molar-refractivity contribution in [2.45, 2.75) is 58.0 Å². The van der Waals surface area contributed by atoms with Gasteiger partial charge in [-0.25, -0.2) is 4.79 Å². The van der Waals surface area contributed by atoms with Gasteiger partial charge in [-0.05, 0) is 31.4 Å². The normalized spacial score (nSPS) is 35.4. The second kappa shape index (κ2) is 6.64. The van der Waals surface area contributed by atoms with Crippen LogP contribution in [0.25, 0.3) is 0 Å². The maximum atomic E-state index is 12.5. The summed E-state index contributed by atoms with van der Waals surface area (Å²) in [5.74, 6) is -2.07. The lowest BCUT2D eigenvalue weighted by Gasteiger charge is -2.36. The molecule has 3 aliphatic heterocycles. The fourth-order valence-electron chi connectivity index (χ4n) is 3.61. The third-order valence-corrected chi connectivity index (χ3v) is 5.21. The van der Waals surface area contributed by atoms with Gasteiger partial charge in [-0.15, -0.1) is 0 Å². The van der Waals surface area contributed by atoms with Gasteiger partial charge in [0.15, 0.2) is 5.60 Å². The number of rotatable bonds is 3. The zero-order valence-corrected chi connectivity index (χ0v) is 15.9. The van der Waals surface area contributed by atoms with Gasteiger partial charge in [0, 0.05) is 18.1 Å². The van der Waals surface area contributed by atoms with Crippen molar-refractivity contribution in [2.75, 3.05) is 0 Å². The van der Waals surface area contributed by atoms with E-state index in [9.17, 15) is 19.5 Å². The van der Waals surface area contributed by atoms with Gasteiger partial charge in [-0.2, -0.15) is 0 Å². The van der Waals surface area contributed by atoms with Gasteiger partial charge in [0.25, 0.3) is 0 Å². The summed E-state index contributed by atoms with van der Waals surface area (Å²) in [5.41, 5.74) is -0.951. The van der Waals surface area contributed by atoms with Crippen LogP contribution in [0.3, 0.4) is 0 Å². The summed E-state index contributed by atoms with van der Waals surface area (Å²) >= 11 is 0. The summed E-state index contributed by atoms with van der Waals surface area (Å²) < 4.78 is 16.7. The fraction of sp³-hybridized carbons (Fsp3) is 0.550. The molecule has 0 aliphatic carbocycles. The predicted octanol–water partition coefficient (Wildman–Crippen LogP) is 1.60. The first-order chi connectivity index (χ1) is 12.5. The molecule has 27 heavy (non-hydrogen) atoms. The van der Waals surface area contributed by atoms with Crippen molar-refractivity contribution in [3.63, 3.8) is 0 Å². The molecule has 1 saturated heterocycles. The Labute approximate surface area is 157 Å². The van der Waals surface area contributed by atoms with Gasteiger partial charge in [0.05, 0.1) is 5.92 Å². The number of allylic oxidation sites excluding steroid dienone is 1. The summed E-state index contributed by atoms with van der Waals surface area (Å²) in [6, 6.07) is 0. The highest BCUT2D eigenvalue weighted by Crippen LogP contribution is 2.42. The summed E-state index contributed by atoms with van der Waals surface area (Å²) in [4.78, 5) is 37.0. The number of aliphatic hydroxyl groups excluding tert-OH is 1. The number of aliphatic hydroxyl groups is 1. The zero-order chi connectivity index (χ0) is 20.1. The van der Waals surface area contributed by atoms with Crippen LogP contribution in [0, 0.1) is 11.8 Å². The molecule has 0 amide bonds. The number of esters is 2. The van der Waals surface area contributed by atoms with Crippen molar-refractivity contribution in [1.29, 1.82) is 0 Å². The van der Waals surface area contributed by atoms with Crippen LogP contribution in [0.4, 0.5) is 0 Å². The van der Waals surface area contributed by atoms with Gasteiger partial charge in [0.2, 0.25) is 5.78 Å². The van der Waals surface area contributed by atoms with Crippen LogP contribution in [-0.4, -0.2) is 46.7 Å². The van der Waals surface area contributed by atoms with E-state index in [0.29, 0.717) is 11.3 Å². The van der Waals surface area contributed by atoms with E-state index in [0.717, 1.165) is 0 Å². The molecule has 7 heteroatoms. The van der Waals surface area contributed by atoms with Gasteiger partial charge in [0.1, 0.15) is 24.1 Å². The Morgan fingerprint density at radius 3 is 2.70 bits per heavy atom. The average molecular weight is 376 g/mol. The van der Waals surface area contributed by atoms with Crippen LogP contribution in [0.1, 0.15) is 34.1 Å². The summed E-state index contributed by atoms with van der Waals surface area (Å²) in [7, 11) is 0. The Kier molecular flexibility index (Phi) is 4.76. The first-order valence-corrected chi connectivity index (χ1v) is 8.96. The number of fused-ring (bicyclic) bond motifs is 3. The second-order valence-corrected chi connectivity index (χ2v) is 7.85. The highest BCUT2D eigenvalue weighted by Gasteiger charge is 2.57. The minimum atomic E-state index is -1.63. The largest absolute Gasteiger partial charge is 0.476 e. The number of ether oxygens (including phenoxy) is 3. The van der Waals surface area contributed by atoms with Gasteiger partial charge in [-0.3, -0.25) is 9.59 Å². The molecule has 2 bridgehead atoms. The van der Waals surface area contributed by atoms with Crippen LogP contribution in [0.2, 0.25) is 0 Å². The van der Waals surface area contributed by atoms with Crippen molar-refractivity contribution in [3.8, 4) is 0 Å². The first-order valence-electron chi connectivity index (χ1n) is 8.96. The molecule has 5 atom stereocenters. The molecule has 5 unspecified atom stereocenters. The fourth-order valence-corrected chi connectivity index (χ4v) is 3.61. The lowest BCUT2D eigenvalue weighted by atomic mass is 9.80. The quantitative estimate of drug-likeness (QED) is 0.590. The summed E-state index contributed by atoms with van der Waals surface area (Å²) in [6.45, 7) is 10.6. The Morgan fingerprint density at radius 2 is 2.07 bits per heavy atom. The van der Waals surface area contributed by atoms with Crippen molar-refractivity contribution in [2.24, 2.45) is 11.8 Å². The number of hydrogen-bond acceptors (Lipinski definition) is 7. The smallest absolute Gasteiger partial charge is 0.334 e. The minimum absolute atomic E-state index is 0.0433. The summed E-state index contributed by atoms with van der Waals surface area (Å²) in [6.07, 6.45) is -0.442. The van der Waals surface area contributed by atoms with E-state index in [1.54, 1.807) is 13.0 Å². The molecule has 0 aromatic carbocycles. The Morgan fingerprint density at radius 1 is 1.41 bits per heavy atom. The molecule has 3 aliphatic rings. The highest BCUT2D eigenvalue weighted by atomic mass is 16.6. The van der Waals surface area contributed by atoms with Crippen molar-refractivity contribution in [1.82, 2.24) is 0 Å². The monoisotopic (exact) mass is 376 g/mol. The Balaban J connectivity index is 2.07. The van der Waals surface area contributed by atoms with Gasteiger partial charge >= 0.3 is 11.9 Å². The zero-order valence-electron chi connectivity index (χ0n) is 15.9. The van der Waals surface area contributed by atoms with Crippen LogP contribution in [0.5, 0.6) is 0 Å². The van der Waals surface area contributed by atoms with Crippen molar-refractivity contribution >= 4 is 17.7 Å². The number of ketones is 1. The molecule has 1 fully saturated rings. The third kappa shape index (κ3) is 3.20. The van der Waals surface area contributed by atoms with E-state index in [-0.39, 0.29) is 17.9 Å². The van der Waals surface area contributed by atoms with Crippen LogP contribution in [0.15, 0.2) is 35.6 Å². The molecule has 0 aromatic heterocycles. The van der Waals surface area contributed by atoms with E-state index in [4.69, 9.17) is 14.2 Å². The molecule has 0 aromatic rings. The lowest BCUT2D eigenvalue weighted by molar-refractivity contribution is -0.179. The van der Waals surface area contributed by atoms with E-state index < -0.39 is 47.6 Å². The molecule has 146 valence electrons. The molecule has 3 rings (SSSR count). The van der Waals surface area contributed by atoms with E-state index in [1.165, 1.54) is 13.0 Å². The van der Waals surface area contributed by atoms with Crippen molar-refractivity contribution in [3.05, 3.63) is 35.6 Å². The van der Waals surface area contributed by atoms with E-state index >= 15 is 0 Å². The van der Waals surface area contributed by atoms with Gasteiger partial charge < -0.3 is 19.3 Å². The first kappa shape index (κ1) is 19.4. The van der Waals surface area contributed by atoms with Gasteiger partial charge in [-0.1, -0.05) is 20.4 Å². The summed E-state index contributed by atoms with van der Waals surface area (Å²) in [5, 5.41) is 11.0. The van der Waals surface area contributed by atoms with Crippen LogP contribution < -0.4 is 0 Å². The Bertz CT molecular complexity index is 775. The third-order valence-electron chi connectivity index (χ3n) is 5.21. The molecule has 0 radical (unpaired) electrons. The number of carbonyl (C=O) groups is 3. The maximum Gasteiger partial charge on any atom is 0.334 e. The maximum absolute atomic E-state index is 12.5. The molecular weight excluding hydrogens is 352 g/mol. The molecule has 3 heterocycles. The SMILES string of the molecule is C=C1C(=O)OC2C=C(C)C3=CC(=O)C(C)(O3)C(O)C(OC(=O)CC(C)C)C12. The Hall–Kier alpha value is -2.41. The van der Waals surface area contributed by atoms with Crippen molar-refractivity contribution < 1.29 is 33.7 Å². The molecule has 1 N–H and O–H groups in total. The molecule has 7 nitrogen and oxygen atoms in total.